The van der Waals surface area contributed by atoms with Gasteiger partial charge in [0.2, 0.25) is 0 Å². The number of benzene rings is 2. The number of amides is 1. The minimum atomic E-state index is -0.376. The van der Waals surface area contributed by atoms with Gasteiger partial charge in [-0.25, -0.2) is 0 Å². The van der Waals surface area contributed by atoms with Gasteiger partial charge in [0.25, 0.3) is 5.91 Å². The van der Waals surface area contributed by atoms with Crippen LogP contribution in [-0.2, 0) is 0 Å². The molecule has 0 saturated heterocycles. The predicted octanol–water partition coefficient (Wildman–Crippen LogP) is 4.87. The van der Waals surface area contributed by atoms with Gasteiger partial charge in [-0.1, -0.05) is 29.8 Å². The molecule has 1 unspecified atom stereocenters. The molecular formula is C21H23NO3. The maximum Gasteiger partial charge on any atom is 0.259 e. The lowest BCUT2D eigenvalue weighted by Crippen LogP contribution is -2.15. The van der Waals surface area contributed by atoms with E-state index in [1.54, 1.807) is 25.1 Å². The summed E-state index contributed by atoms with van der Waals surface area (Å²) in [5.74, 6) is -0.527. The molecule has 0 saturated carbocycles. The van der Waals surface area contributed by atoms with Crippen molar-refractivity contribution < 1.29 is 15.0 Å². The average Bonchev–Trinajstić information content (AvgIpc) is 2.55. The fourth-order valence-corrected chi connectivity index (χ4v) is 3.50. The Bertz CT molecular complexity index is 825. The van der Waals surface area contributed by atoms with E-state index in [1.807, 2.05) is 18.2 Å². The minimum absolute atomic E-state index is 0.0437. The molecule has 3 N–H and O–H groups in total. The Morgan fingerprint density at radius 1 is 1.16 bits per heavy atom. The predicted molar refractivity (Wildman–Crippen MR) is 99.3 cm³/mol. The minimum Gasteiger partial charge on any atom is -0.507 e. The number of phenols is 2. The molecule has 1 atom stereocenters. The van der Waals surface area contributed by atoms with Crippen molar-refractivity contribution in [2.24, 2.45) is 0 Å². The van der Waals surface area contributed by atoms with Crippen molar-refractivity contribution in [2.75, 3.05) is 5.32 Å². The molecule has 1 aliphatic carbocycles. The summed E-state index contributed by atoms with van der Waals surface area (Å²) in [6, 6.07) is 10.7. The number of rotatable bonds is 3. The molecule has 130 valence electrons. The number of hydrogen-bond donors (Lipinski definition) is 3. The molecule has 0 spiro atoms. The first-order chi connectivity index (χ1) is 12.0. The zero-order valence-corrected chi connectivity index (χ0v) is 14.5. The van der Waals surface area contributed by atoms with Crippen molar-refractivity contribution in [1.29, 1.82) is 0 Å². The summed E-state index contributed by atoms with van der Waals surface area (Å²) in [5, 5.41) is 24.0. The maximum absolute atomic E-state index is 12.7. The van der Waals surface area contributed by atoms with Crippen molar-refractivity contribution in [1.82, 2.24) is 0 Å². The SMILES string of the molecule is CC1=CC(c2c(O)cc(C)c(C(=O)Nc3ccccc3)c2O)CCC1. The Morgan fingerprint density at radius 3 is 2.56 bits per heavy atom. The van der Waals surface area contributed by atoms with Gasteiger partial charge in [0, 0.05) is 17.2 Å². The number of allylic oxidation sites excluding steroid dienone is 2. The van der Waals surface area contributed by atoms with Gasteiger partial charge in [-0.3, -0.25) is 4.79 Å². The highest BCUT2D eigenvalue weighted by atomic mass is 16.3. The smallest absolute Gasteiger partial charge is 0.259 e. The van der Waals surface area contributed by atoms with Gasteiger partial charge in [0.15, 0.2) is 0 Å². The van der Waals surface area contributed by atoms with Crippen LogP contribution in [0.1, 0.15) is 53.6 Å². The third kappa shape index (κ3) is 3.53. The summed E-state index contributed by atoms with van der Waals surface area (Å²) in [5.41, 5.74) is 3.11. The Labute approximate surface area is 147 Å². The van der Waals surface area contributed by atoms with Crippen LogP contribution in [0.2, 0.25) is 0 Å². The van der Waals surface area contributed by atoms with E-state index in [4.69, 9.17) is 0 Å². The standard InChI is InChI=1S/C21H23NO3/c1-13-7-6-8-15(11-13)19-17(23)12-14(2)18(20(19)24)21(25)22-16-9-4-3-5-10-16/h3-5,9-12,15,23-24H,6-8H2,1-2H3,(H,22,25). The highest BCUT2D eigenvalue weighted by molar-refractivity contribution is 6.07. The molecule has 0 aromatic heterocycles. The van der Waals surface area contributed by atoms with E-state index in [2.05, 4.69) is 18.3 Å². The molecule has 1 amide bonds. The molecular weight excluding hydrogens is 314 g/mol. The summed E-state index contributed by atoms with van der Waals surface area (Å²) in [6.45, 7) is 3.77. The molecule has 3 rings (SSSR count). The van der Waals surface area contributed by atoms with Gasteiger partial charge in [0.1, 0.15) is 11.5 Å². The summed E-state index contributed by atoms with van der Waals surface area (Å²) in [7, 11) is 0. The topological polar surface area (TPSA) is 69.6 Å². The van der Waals surface area contributed by atoms with E-state index in [9.17, 15) is 15.0 Å². The molecule has 2 aromatic rings. The third-order valence-corrected chi connectivity index (χ3v) is 4.72. The van der Waals surface area contributed by atoms with E-state index in [-0.39, 0.29) is 28.9 Å². The van der Waals surface area contributed by atoms with Crippen LogP contribution in [0.3, 0.4) is 0 Å². The van der Waals surface area contributed by atoms with Crippen LogP contribution < -0.4 is 5.32 Å². The maximum atomic E-state index is 12.7. The average molecular weight is 337 g/mol. The van der Waals surface area contributed by atoms with Crippen LogP contribution in [-0.4, -0.2) is 16.1 Å². The Balaban J connectivity index is 2.01. The number of carbonyl (C=O) groups excluding carboxylic acids is 1. The molecule has 0 heterocycles. The fraction of sp³-hybridized carbons (Fsp3) is 0.286. The van der Waals surface area contributed by atoms with E-state index in [1.165, 1.54) is 5.57 Å². The first-order valence-corrected chi connectivity index (χ1v) is 8.56. The first kappa shape index (κ1) is 17.1. The highest BCUT2D eigenvalue weighted by Gasteiger charge is 2.26. The quantitative estimate of drug-likeness (QED) is 0.700. The lowest BCUT2D eigenvalue weighted by atomic mass is 9.83. The van der Waals surface area contributed by atoms with Crippen LogP contribution >= 0.6 is 0 Å². The number of aryl methyl sites for hydroxylation is 1. The zero-order valence-electron chi connectivity index (χ0n) is 14.5. The molecule has 1 aliphatic rings. The number of hydrogen-bond acceptors (Lipinski definition) is 3. The Morgan fingerprint density at radius 2 is 1.88 bits per heavy atom. The van der Waals surface area contributed by atoms with Gasteiger partial charge >= 0.3 is 0 Å². The molecule has 4 nitrogen and oxygen atoms in total. The first-order valence-electron chi connectivity index (χ1n) is 8.56. The molecule has 2 aromatic carbocycles. The van der Waals surface area contributed by atoms with Crippen molar-refractivity contribution >= 4 is 11.6 Å². The Kier molecular flexibility index (Phi) is 4.79. The molecule has 4 heteroatoms. The molecule has 0 bridgehead atoms. The number of carbonyl (C=O) groups is 1. The lowest BCUT2D eigenvalue weighted by Gasteiger charge is -2.23. The van der Waals surface area contributed by atoms with Gasteiger partial charge in [-0.15, -0.1) is 0 Å². The van der Waals surface area contributed by atoms with Crippen LogP contribution in [0.4, 0.5) is 5.69 Å². The van der Waals surface area contributed by atoms with E-state index >= 15 is 0 Å². The van der Waals surface area contributed by atoms with Crippen LogP contribution in [0.15, 0.2) is 48.0 Å². The molecule has 0 fully saturated rings. The van der Waals surface area contributed by atoms with Gasteiger partial charge in [-0.2, -0.15) is 0 Å². The number of aromatic hydroxyl groups is 2. The highest BCUT2D eigenvalue weighted by Crippen LogP contribution is 2.43. The zero-order chi connectivity index (χ0) is 18.0. The van der Waals surface area contributed by atoms with Crippen molar-refractivity contribution in [3.63, 3.8) is 0 Å². The number of anilines is 1. The summed E-state index contributed by atoms with van der Waals surface area (Å²) in [4.78, 5) is 12.7. The van der Waals surface area contributed by atoms with E-state index in [0.717, 1.165) is 19.3 Å². The molecule has 25 heavy (non-hydrogen) atoms. The van der Waals surface area contributed by atoms with Crippen LogP contribution in [0.5, 0.6) is 11.5 Å². The Hall–Kier alpha value is -2.75. The normalized spacial score (nSPS) is 17.0. The molecule has 0 radical (unpaired) electrons. The van der Waals surface area contributed by atoms with E-state index in [0.29, 0.717) is 16.8 Å². The summed E-state index contributed by atoms with van der Waals surface area (Å²) in [6.07, 6.45) is 4.96. The van der Waals surface area contributed by atoms with Gasteiger partial charge in [0.05, 0.1) is 5.56 Å². The second-order valence-corrected chi connectivity index (χ2v) is 6.68. The monoisotopic (exact) mass is 337 g/mol. The summed E-state index contributed by atoms with van der Waals surface area (Å²) < 4.78 is 0. The third-order valence-electron chi connectivity index (χ3n) is 4.72. The lowest BCUT2D eigenvalue weighted by molar-refractivity contribution is 0.102. The largest absolute Gasteiger partial charge is 0.507 e. The second kappa shape index (κ2) is 7.01. The number of para-hydroxylation sites is 1. The van der Waals surface area contributed by atoms with Crippen molar-refractivity contribution in [3.8, 4) is 11.5 Å². The van der Waals surface area contributed by atoms with E-state index < -0.39 is 0 Å². The number of phenolic OH excluding ortho intramolecular Hbond substituents is 2. The molecule has 0 aliphatic heterocycles. The van der Waals surface area contributed by atoms with Crippen molar-refractivity contribution in [3.05, 3.63) is 64.7 Å². The van der Waals surface area contributed by atoms with Crippen LogP contribution in [0.25, 0.3) is 0 Å². The van der Waals surface area contributed by atoms with Gasteiger partial charge < -0.3 is 15.5 Å². The fourth-order valence-electron chi connectivity index (χ4n) is 3.50. The van der Waals surface area contributed by atoms with Crippen LogP contribution in [0, 0.1) is 6.92 Å². The second-order valence-electron chi connectivity index (χ2n) is 6.68. The number of nitrogens with one attached hydrogen (secondary N) is 1. The summed E-state index contributed by atoms with van der Waals surface area (Å²) >= 11 is 0. The van der Waals surface area contributed by atoms with Gasteiger partial charge in [-0.05, 0) is 56.9 Å². The van der Waals surface area contributed by atoms with Crippen molar-refractivity contribution in [2.45, 2.75) is 39.0 Å².